The summed E-state index contributed by atoms with van der Waals surface area (Å²) in [6, 6.07) is 9.63. The fraction of sp³-hybridized carbons (Fsp3) is 0.263. The van der Waals surface area contributed by atoms with E-state index in [0.29, 0.717) is 13.2 Å². The molecule has 1 aromatic heterocycles. The molecule has 2 aromatic rings. The number of cyclic esters (lactones) is 1. The van der Waals surface area contributed by atoms with E-state index >= 15 is 0 Å². The summed E-state index contributed by atoms with van der Waals surface area (Å²) < 4.78 is 11.4. The van der Waals surface area contributed by atoms with Gasteiger partial charge in [-0.05, 0) is 43.2 Å². The second kappa shape index (κ2) is 6.35. The highest BCUT2D eigenvalue weighted by Crippen LogP contribution is 2.26. The molecule has 122 valence electrons. The van der Waals surface area contributed by atoms with E-state index in [1.807, 2.05) is 42.5 Å². The average molecular weight is 322 g/mol. The maximum absolute atomic E-state index is 12.1. The van der Waals surface area contributed by atoms with E-state index in [4.69, 9.17) is 9.47 Å². The first kappa shape index (κ1) is 14.8. The summed E-state index contributed by atoms with van der Waals surface area (Å²) in [7, 11) is 0. The van der Waals surface area contributed by atoms with Crippen molar-refractivity contribution in [2.24, 2.45) is 0 Å². The van der Waals surface area contributed by atoms with Crippen LogP contribution in [0.5, 0.6) is 5.75 Å². The van der Waals surface area contributed by atoms with Gasteiger partial charge in [-0.1, -0.05) is 18.2 Å². The Hall–Kier alpha value is -2.82. The number of amides is 1. The lowest BCUT2D eigenvalue weighted by atomic mass is 10.1. The van der Waals surface area contributed by atoms with Gasteiger partial charge in [0.05, 0.1) is 12.1 Å². The molecular formula is C19H18N2O3. The third kappa shape index (κ3) is 2.85. The Labute approximate surface area is 140 Å². The molecule has 1 aliphatic heterocycles. The molecule has 1 fully saturated rings. The van der Waals surface area contributed by atoms with Crippen LogP contribution in [0.1, 0.15) is 12.8 Å². The molecule has 1 aromatic carbocycles. The summed E-state index contributed by atoms with van der Waals surface area (Å²) >= 11 is 0. The van der Waals surface area contributed by atoms with Crippen LogP contribution in [0, 0.1) is 0 Å². The molecule has 0 spiro atoms. The van der Waals surface area contributed by atoms with E-state index in [2.05, 4.69) is 11.1 Å². The summed E-state index contributed by atoms with van der Waals surface area (Å²) in [6.07, 6.45) is 9.09. The molecule has 0 N–H and O–H groups in total. The van der Waals surface area contributed by atoms with Crippen molar-refractivity contribution < 1.29 is 14.3 Å². The third-order valence-corrected chi connectivity index (χ3v) is 4.24. The molecule has 2 heterocycles. The van der Waals surface area contributed by atoms with Gasteiger partial charge in [-0.2, -0.15) is 0 Å². The maximum Gasteiger partial charge on any atom is 0.414 e. The minimum Gasteiger partial charge on any atom is -0.489 e. The zero-order chi connectivity index (χ0) is 16.4. The van der Waals surface area contributed by atoms with Crippen molar-refractivity contribution in [3.05, 3.63) is 60.5 Å². The number of aromatic nitrogens is 1. The van der Waals surface area contributed by atoms with Crippen LogP contribution in [0.15, 0.2) is 60.5 Å². The second-order valence-electron chi connectivity index (χ2n) is 5.88. The molecule has 1 saturated heterocycles. The Morgan fingerprint density at radius 1 is 1.29 bits per heavy atom. The monoisotopic (exact) mass is 322 g/mol. The van der Waals surface area contributed by atoms with Crippen molar-refractivity contribution in [2.45, 2.75) is 18.9 Å². The first-order valence-electron chi connectivity index (χ1n) is 8.11. The van der Waals surface area contributed by atoms with Gasteiger partial charge >= 0.3 is 6.09 Å². The highest BCUT2D eigenvalue weighted by atomic mass is 16.6. The molecule has 1 atom stereocenters. The van der Waals surface area contributed by atoms with Crippen LogP contribution < -0.4 is 4.74 Å². The quantitative estimate of drug-likeness (QED) is 0.862. The van der Waals surface area contributed by atoms with E-state index in [1.165, 1.54) is 0 Å². The molecule has 5 heteroatoms. The number of nitrogens with zero attached hydrogens (tertiary/aromatic N) is 2. The molecule has 0 radical (unpaired) electrons. The van der Waals surface area contributed by atoms with Crippen molar-refractivity contribution in [1.82, 2.24) is 9.88 Å². The number of hydrogen-bond donors (Lipinski definition) is 0. The number of benzene rings is 1. The number of pyridine rings is 1. The van der Waals surface area contributed by atoms with Gasteiger partial charge in [-0.3, -0.25) is 9.88 Å². The Morgan fingerprint density at radius 3 is 3.12 bits per heavy atom. The Morgan fingerprint density at radius 2 is 2.25 bits per heavy atom. The number of hydrogen-bond acceptors (Lipinski definition) is 4. The first-order chi connectivity index (χ1) is 11.8. The lowest BCUT2D eigenvalue weighted by molar-refractivity contribution is 0.104. The number of rotatable bonds is 4. The molecule has 24 heavy (non-hydrogen) atoms. The van der Waals surface area contributed by atoms with Gasteiger partial charge < -0.3 is 9.47 Å². The lowest BCUT2D eigenvalue weighted by Crippen LogP contribution is -2.26. The van der Waals surface area contributed by atoms with Crippen molar-refractivity contribution >= 4 is 17.0 Å². The van der Waals surface area contributed by atoms with Crippen LogP contribution >= 0.6 is 0 Å². The van der Waals surface area contributed by atoms with Crippen molar-refractivity contribution in [3.63, 3.8) is 0 Å². The van der Waals surface area contributed by atoms with Crippen LogP contribution in [0.3, 0.4) is 0 Å². The Bertz CT molecular complexity index is 823. The van der Waals surface area contributed by atoms with Crippen LogP contribution in [-0.4, -0.2) is 35.2 Å². The molecule has 0 bridgehead atoms. The second-order valence-corrected chi connectivity index (χ2v) is 5.88. The van der Waals surface area contributed by atoms with Gasteiger partial charge in [-0.15, -0.1) is 0 Å². The third-order valence-electron chi connectivity index (χ3n) is 4.24. The van der Waals surface area contributed by atoms with Crippen molar-refractivity contribution in [1.29, 1.82) is 0 Å². The van der Waals surface area contributed by atoms with Gasteiger partial charge in [0.1, 0.15) is 12.4 Å². The molecule has 4 rings (SSSR count). The number of carbonyl (C=O) groups excluding carboxylic acids is 1. The standard InChI is InChI=1S/C19H18N2O3/c22-19-21(14-6-2-1-3-7-14)12-15(24-19)13-23-18-10-4-9-17-16(18)8-5-11-20-17/h1-2,4-6,8-11,15H,3,7,12-13H2. The molecular weight excluding hydrogens is 304 g/mol. The van der Waals surface area contributed by atoms with Crippen LogP contribution in [0.4, 0.5) is 4.79 Å². The van der Waals surface area contributed by atoms with Crippen molar-refractivity contribution in [2.75, 3.05) is 13.2 Å². The summed E-state index contributed by atoms with van der Waals surface area (Å²) in [5.74, 6) is 0.759. The molecule has 2 aliphatic rings. The van der Waals surface area contributed by atoms with Crippen molar-refractivity contribution in [3.8, 4) is 5.75 Å². The lowest BCUT2D eigenvalue weighted by Gasteiger charge is -2.18. The van der Waals surface area contributed by atoms with Gasteiger partial charge in [0, 0.05) is 17.3 Å². The molecule has 0 saturated carbocycles. The van der Waals surface area contributed by atoms with E-state index < -0.39 is 0 Å². The smallest absolute Gasteiger partial charge is 0.414 e. The minimum atomic E-state index is -0.287. The number of allylic oxidation sites excluding steroid dienone is 4. The van der Waals surface area contributed by atoms with E-state index in [9.17, 15) is 4.79 Å². The zero-order valence-electron chi connectivity index (χ0n) is 13.2. The highest BCUT2D eigenvalue weighted by Gasteiger charge is 2.33. The normalized spacial score (nSPS) is 20.2. The molecule has 5 nitrogen and oxygen atoms in total. The van der Waals surface area contributed by atoms with Gasteiger partial charge in [0.15, 0.2) is 6.10 Å². The van der Waals surface area contributed by atoms with E-state index in [0.717, 1.165) is 35.2 Å². The predicted octanol–water partition coefficient (Wildman–Crippen LogP) is 3.67. The number of ether oxygens (including phenoxy) is 2. The summed E-state index contributed by atoms with van der Waals surface area (Å²) in [5, 5.41) is 0.960. The largest absolute Gasteiger partial charge is 0.489 e. The Kier molecular flexibility index (Phi) is 3.91. The average Bonchev–Trinajstić information content (AvgIpc) is 3.01. The zero-order valence-corrected chi connectivity index (χ0v) is 13.2. The molecule has 1 amide bonds. The van der Waals surface area contributed by atoms with Crippen LogP contribution in [-0.2, 0) is 4.74 Å². The van der Waals surface area contributed by atoms with Crippen LogP contribution in [0.2, 0.25) is 0 Å². The maximum atomic E-state index is 12.1. The summed E-state index contributed by atoms with van der Waals surface area (Å²) in [4.78, 5) is 18.1. The SMILES string of the molecule is O=C1OC(COc2cccc3ncccc23)CN1C1=CC=CCC1. The summed E-state index contributed by atoms with van der Waals surface area (Å²) in [6.45, 7) is 0.862. The molecule has 1 aliphatic carbocycles. The fourth-order valence-electron chi connectivity index (χ4n) is 3.04. The van der Waals surface area contributed by atoms with Gasteiger partial charge in [0.25, 0.3) is 0 Å². The number of fused-ring (bicyclic) bond motifs is 1. The van der Waals surface area contributed by atoms with E-state index in [1.54, 1.807) is 11.1 Å². The number of carbonyl (C=O) groups is 1. The minimum absolute atomic E-state index is 0.267. The topological polar surface area (TPSA) is 51.7 Å². The molecule has 1 unspecified atom stereocenters. The first-order valence-corrected chi connectivity index (χ1v) is 8.11. The van der Waals surface area contributed by atoms with Gasteiger partial charge in [-0.25, -0.2) is 4.79 Å². The van der Waals surface area contributed by atoms with Crippen LogP contribution in [0.25, 0.3) is 10.9 Å². The Balaban J connectivity index is 1.44. The van der Waals surface area contributed by atoms with Gasteiger partial charge in [0.2, 0.25) is 0 Å². The fourth-order valence-corrected chi connectivity index (χ4v) is 3.04. The summed E-state index contributed by atoms with van der Waals surface area (Å²) in [5.41, 5.74) is 1.90. The predicted molar refractivity (Wildman–Crippen MR) is 90.7 cm³/mol. The van der Waals surface area contributed by atoms with E-state index in [-0.39, 0.29) is 12.2 Å². The highest BCUT2D eigenvalue weighted by molar-refractivity contribution is 5.84.